The number of aryl methyl sites for hydroxylation is 1. The number of carbonyl (C=O) groups is 1. The van der Waals surface area contributed by atoms with Crippen molar-refractivity contribution < 1.29 is 19.7 Å². The molecule has 0 saturated carbocycles. The predicted octanol–water partition coefficient (Wildman–Crippen LogP) is 1.30. The average molecular weight is 342 g/mol. The van der Waals surface area contributed by atoms with Gasteiger partial charge < -0.3 is 20.3 Å². The number of aliphatic hydroxyl groups is 2. The van der Waals surface area contributed by atoms with E-state index in [0.717, 1.165) is 11.1 Å². The predicted molar refractivity (Wildman–Crippen MR) is 93.1 cm³/mol. The minimum atomic E-state index is -0.945. The van der Waals surface area contributed by atoms with Crippen LogP contribution in [0.4, 0.5) is 0 Å². The van der Waals surface area contributed by atoms with E-state index in [2.05, 4.69) is 10.3 Å². The first-order valence-corrected chi connectivity index (χ1v) is 8.34. The van der Waals surface area contributed by atoms with Crippen molar-refractivity contribution in [3.63, 3.8) is 0 Å². The topological polar surface area (TPSA) is 91.7 Å². The van der Waals surface area contributed by atoms with E-state index < -0.39 is 18.2 Å². The normalized spacial score (nSPS) is 23.2. The quantitative estimate of drug-likeness (QED) is 0.779. The summed E-state index contributed by atoms with van der Waals surface area (Å²) in [6, 6.07) is 11.0. The molecular weight excluding hydrogens is 320 g/mol. The van der Waals surface area contributed by atoms with Crippen molar-refractivity contribution in [1.29, 1.82) is 0 Å². The molecule has 1 aliphatic heterocycles. The van der Waals surface area contributed by atoms with Crippen LogP contribution in [-0.4, -0.2) is 52.6 Å². The number of carbonyl (C=O) groups excluding carboxylic acids is 1. The smallest absolute Gasteiger partial charge is 0.254 e. The Bertz CT molecular complexity index is 735. The maximum absolute atomic E-state index is 12.9. The van der Waals surface area contributed by atoms with Gasteiger partial charge in [-0.25, -0.2) is 0 Å². The molecule has 6 nitrogen and oxygen atoms in total. The number of pyridine rings is 1. The van der Waals surface area contributed by atoms with Crippen LogP contribution in [0, 0.1) is 6.92 Å². The highest BCUT2D eigenvalue weighted by atomic mass is 16.5. The summed E-state index contributed by atoms with van der Waals surface area (Å²) in [5, 5.41) is 22.4. The number of hydrogen-bond donors (Lipinski definition) is 3. The van der Waals surface area contributed by atoms with Gasteiger partial charge in [-0.15, -0.1) is 0 Å². The van der Waals surface area contributed by atoms with Gasteiger partial charge in [-0.05, 0) is 30.5 Å². The van der Waals surface area contributed by atoms with Crippen LogP contribution in [0.3, 0.4) is 0 Å². The van der Waals surface area contributed by atoms with Crippen molar-refractivity contribution >= 4 is 5.91 Å². The van der Waals surface area contributed by atoms with Gasteiger partial charge >= 0.3 is 0 Å². The summed E-state index contributed by atoms with van der Waals surface area (Å²) in [6.07, 6.45) is 0.547. The van der Waals surface area contributed by atoms with E-state index in [1.54, 1.807) is 13.1 Å². The molecule has 3 atom stereocenters. The summed E-state index contributed by atoms with van der Waals surface area (Å²) >= 11 is 0. The molecule has 1 aromatic heterocycles. The highest BCUT2D eigenvalue weighted by molar-refractivity contribution is 6.02. The maximum atomic E-state index is 12.9. The molecule has 25 heavy (non-hydrogen) atoms. The summed E-state index contributed by atoms with van der Waals surface area (Å²) in [4.78, 5) is 17.1. The molecule has 1 aliphatic rings. The van der Waals surface area contributed by atoms with Crippen LogP contribution in [0.25, 0.3) is 11.1 Å². The Kier molecular flexibility index (Phi) is 5.43. The summed E-state index contributed by atoms with van der Waals surface area (Å²) < 4.78 is 5.31. The van der Waals surface area contributed by atoms with Gasteiger partial charge in [0.25, 0.3) is 5.91 Å². The zero-order chi connectivity index (χ0) is 17.8. The number of nitrogens with one attached hydrogen (secondary N) is 1. The molecule has 1 fully saturated rings. The van der Waals surface area contributed by atoms with Gasteiger partial charge in [0, 0.05) is 12.8 Å². The Labute approximate surface area is 146 Å². The van der Waals surface area contributed by atoms with Crippen molar-refractivity contribution in [1.82, 2.24) is 10.3 Å². The minimum Gasteiger partial charge on any atom is -0.394 e. The van der Waals surface area contributed by atoms with E-state index in [1.165, 1.54) is 0 Å². The molecule has 1 saturated heterocycles. The fraction of sp³-hybridized carbons (Fsp3) is 0.368. The summed E-state index contributed by atoms with van der Waals surface area (Å²) in [5.41, 5.74) is 2.84. The Balaban J connectivity index is 1.88. The Morgan fingerprint density at radius 1 is 1.32 bits per heavy atom. The number of aliphatic hydroxyl groups excluding tert-OH is 2. The molecule has 1 aromatic carbocycles. The molecular formula is C19H22N2O4. The molecule has 2 heterocycles. The van der Waals surface area contributed by atoms with Crippen LogP contribution in [-0.2, 0) is 4.74 Å². The van der Waals surface area contributed by atoms with Crippen LogP contribution in [0.5, 0.6) is 0 Å². The second-order valence-electron chi connectivity index (χ2n) is 6.14. The summed E-state index contributed by atoms with van der Waals surface area (Å²) in [5.74, 6) is -0.285. The first-order valence-electron chi connectivity index (χ1n) is 8.34. The largest absolute Gasteiger partial charge is 0.394 e. The van der Waals surface area contributed by atoms with Crippen LogP contribution in [0.1, 0.15) is 22.5 Å². The van der Waals surface area contributed by atoms with E-state index in [1.807, 2.05) is 36.4 Å². The van der Waals surface area contributed by atoms with Crippen molar-refractivity contribution in [2.45, 2.75) is 31.6 Å². The third-order valence-corrected chi connectivity index (χ3v) is 4.50. The fourth-order valence-electron chi connectivity index (χ4n) is 3.14. The molecule has 3 rings (SSSR count). The van der Waals surface area contributed by atoms with E-state index in [9.17, 15) is 15.0 Å². The van der Waals surface area contributed by atoms with Crippen molar-refractivity contribution in [2.24, 2.45) is 0 Å². The monoisotopic (exact) mass is 342 g/mol. The van der Waals surface area contributed by atoms with E-state index >= 15 is 0 Å². The maximum Gasteiger partial charge on any atom is 0.254 e. The van der Waals surface area contributed by atoms with Gasteiger partial charge in [-0.1, -0.05) is 30.3 Å². The molecule has 2 aromatic rings. The Morgan fingerprint density at radius 2 is 2.08 bits per heavy atom. The van der Waals surface area contributed by atoms with Gasteiger partial charge in [0.15, 0.2) is 0 Å². The highest BCUT2D eigenvalue weighted by Gasteiger charge is 2.34. The number of hydrogen-bond acceptors (Lipinski definition) is 5. The lowest BCUT2D eigenvalue weighted by Gasteiger charge is -2.34. The molecule has 0 bridgehead atoms. The second kappa shape index (κ2) is 7.74. The summed E-state index contributed by atoms with van der Waals surface area (Å²) in [6.45, 7) is 1.89. The number of amides is 1. The summed E-state index contributed by atoms with van der Waals surface area (Å²) in [7, 11) is 0. The molecule has 0 spiro atoms. The van der Waals surface area contributed by atoms with Gasteiger partial charge in [0.2, 0.25) is 0 Å². The molecule has 1 amide bonds. The van der Waals surface area contributed by atoms with Gasteiger partial charge in [0.1, 0.15) is 12.2 Å². The van der Waals surface area contributed by atoms with E-state index in [4.69, 9.17) is 4.74 Å². The third kappa shape index (κ3) is 3.71. The number of rotatable bonds is 4. The van der Waals surface area contributed by atoms with Gasteiger partial charge in [-0.3, -0.25) is 9.78 Å². The molecule has 3 N–H and O–H groups in total. The number of aromatic nitrogens is 1. The van der Waals surface area contributed by atoms with Crippen LogP contribution in [0.2, 0.25) is 0 Å². The highest BCUT2D eigenvalue weighted by Crippen LogP contribution is 2.25. The Hall–Kier alpha value is -2.28. The Morgan fingerprint density at radius 3 is 2.80 bits per heavy atom. The molecule has 132 valence electrons. The van der Waals surface area contributed by atoms with Crippen LogP contribution < -0.4 is 5.32 Å². The molecule has 6 heteroatoms. The molecule has 0 unspecified atom stereocenters. The molecule has 0 radical (unpaired) electrons. The standard InChI is InChI=1S/C19H22N2O4/c1-12-17(14(7-9-20-12)13-5-3-2-4-6-13)19(24)21-15-8-10-25-16(11-22)18(15)23/h2-7,9,15-16,18,22-23H,8,10-11H2,1H3,(H,21,24)/t15-,16+,18-/m0/s1. The van der Waals surface area contributed by atoms with Crippen molar-refractivity contribution in [2.75, 3.05) is 13.2 Å². The second-order valence-corrected chi connectivity index (χ2v) is 6.14. The van der Waals surface area contributed by atoms with Gasteiger partial charge in [0.05, 0.1) is 23.9 Å². The minimum absolute atomic E-state index is 0.283. The van der Waals surface area contributed by atoms with E-state index in [-0.39, 0.29) is 12.5 Å². The van der Waals surface area contributed by atoms with Crippen molar-refractivity contribution in [3.05, 3.63) is 53.9 Å². The third-order valence-electron chi connectivity index (χ3n) is 4.50. The van der Waals surface area contributed by atoms with Gasteiger partial charge in [-0.2, -0.15) is 0 Å². The fourth-order valence-corrected chi connectivity index (χ4v) is 3.14. The lowest BCUT2D eigenvalue weighted by atomic mass is 9.96. The molecule has 0 aliphatic carbocycles. The lowest BCUT2D eigenvalue weighted by Crippen LogP contribution is -2.54. The van der Waals surface area contributed by atoms with Crippen molar-refractivity contribution in [3.8, 4) is 11.1 Å². The first-order chi connectivity index (χ1) is 12.1. The van der Waals surface area contributed by atoms with Crippen LogP contribution >= 0.6 is 0 Å². The number of nitrogens with zero attached hydrogens (tertiary/aromatic N) is 1. The number of benzene rings is 1. The zero-order valence-electron chi connectivity index (χ0n) is 14.1. The zero-order valence-corrected chi connectivity index (χ0v) is 14.1. The van der Waals surface area contributed by atoms with E-state index in [0.29, 0.717) is 24.3 Å². The average Bonchev–Trinajstić information content (AvgIpc) is 2.64. The van der Waals surface area contributed by atoms with Crippen LogP contribution in [0.15, 0.2) is 42.6 Å². The number of ether oxygens (including phenoxy) is 1. The first kappa shape index (κ1) is 17.5. The lowest BCUT2D eigenvalue weighted by molar-refractivity contribution is -0.107. The SMILES string of the molecule is Cc1nccc(-c2ccccc2)c1C(=O)N[C@H]1CCO[C@H](CO)[C@H]1O.